The monoisotopic (exact) mass is 299 g/mol. The van der Waals surface area contributed by atoms with Crippen LogP contribution in [0.25, 0.3) is 0 Å². The summed E-state index contributed by atoms with van der Waals surface area (Å²) in [6, 6.07) is 7.34. The SMILES string of the molecule is Cc1ccc(CC2SCCNC2C)cc1Br. The fourth-order valence-corrected chi connectivity index (χ4v) is 3.66. The molecule has 2 atom stereocenters. The number of aryl methyl sites for hydroxylation is 1. The highest BCUT2D eigenvalue weighted by Crippen LogP contribution is 2.25. The van der Waals surface area contributed by atoms with Crippen LogP contribution in [0.4, 0.5) is 0 Å². The number of rotatable bonds is 2. The zero-order chi connectivity index (χ0) is 11.5. The highest BCUT2D eigenvalue weighted by Gasteiger charge is 2.21. The van der Waals surface area contributed by atoms with Crippen LogP contribution in [0, 0.1) is 6.92 Å². The van der Waals surface area contributed by atoms with Gasteiger partial charge in [0.15, 0.2) is 0 Å². The molecule has 0 amide bonds. The van der Waals surface area contributed by atoms with Gasteiger partial charge in [0.05, 0.1) is 0 Å². The highest BCUT2D eigenvalue weighted by molar-refractivity contribution is 9.10. The molecule has 1 fully saturated rings. The van der Waals surface area contributed by atoms with Gasteiger partial charge in [-0.2, -0.15) is 11.8 Å². The molecule has 2 unspecified atom stereocenters. The number of hydrogen-bond donors (Lipinski definition) is 1. The normalized spacial score (nSPS) is 25.7. The second-order valence-corrected chi connectivity index (χ2v) is 6.64. The molecule has 1 aliphatic heterocycles. The average Bonchev–Trinajstić information content (AvgIpc) is 2.27. The maximum absolute atomic E-state index is 3.60. The van der Waals surface area contributed by atoms with E-state index < -0.39 is 0 Å². The lowest BCUT2D eigenvalue weighted by Gasteiger charge is -2.29. The summed E-state index contributed by atoms with van der Waals surface area (Å²) in [6.45, 7) is 5.58. The molecule has 16 heavy (non-hydrogen) atoms. The molecule has 0 aromatic heterocycles. The van der Waals surface area contributed by atoms with E-state index in [-0.39, 0.29) is 0 Å². The standard InChI is InChI=1S/C13H18BrNS/c1-9-3-4-11(7-12(9)14)8-13-10(2)15-5-6-16-13/h3-4,7,10,13,15H,5-6,8H2,1-2H3. The van der Waals surface area contributed by atoms with Crippen LogP contribution in [0.5, 0.6) is 0 Å². The van der Waals surface area contributed by atoms with Crippen LogP contribution >= 0.6 is 27.7 Å². The summed E-state index contributed by atoms with van der Waals surface area (Å²) >= 11 is 5.70. The first-order valence-corrected chi connectivity index (χ1v) is 7.61. The van der Waals surface area contributed by atoms with Gasteiger partial charge in [-0.3, -0.25) is 0 Å². The summed E-state index contributed by atoms with van der Waals surface area (Å²) in [7, 11) is 0. The van der Waals surface area contributed by atoms with E-state index in [9.17, 15) is 0 Å². The van der Waals surface area contributed by atoms with E-state index in [2.05, 4.69) is 65.1 Å². The van der Waals surface area contributed by atoms with Crippen molar-refractivity contribution < 1.29 is 0 Å². The lowest BCUT2D eigenvalue weighted by atomic mass is 10.0. The van der Waals surface area contributed by atoms with E-state index in [0.717, 1.165) is 13.0 Å². The van der Waals surface area contributed by atoms with Gasteiger partial charge in [0, 0.05) is 28.1 Å². The third-order valence-electron chi connectivity index (χ3n) is 3.13. The number of thioether (sulfide) groups is 1. The molecular formula is C13H18BrNS. The van der Waals surface area contributed by atoms with Crippen LogP contribution in [0.2, 0.25) is 0 Å². The molecule has 1 saturated heterocycles. The average molecular weight is 300 g/mol. The Morgan fingerprint density at radius 1 is 1.50 bits per heavy atom. The minimum atomic E-state index is 0.624. The van der Waals surface area contributed by atoms with E-state index in [1.165, 1.54) is 21.4 Å². The van der Waals surface area contributed by atoms with Crippen molar-refractivity contribution >= 4 is 27.7 Å². The van der Waals surface area contributed by atoms with Crippen LogP contribution in [0.3, 0.4) is 0 Å². The van der Waals surface area contributed by atoms with Gasteiger partial charge in [-0.25, -0.2) is 0 Å². The molecule has 0 radical (unpaired) electrons. The Labute approximate surface area is 111 Å². The van der Waals surface area contributed by atoms with Crippen LogP contribution in [-0.4, -0.2) is 23.6 Å². The molecule has 1 aliphatic rings. The zero-order valence-corrected chi connectivity index (χ0v) is 12.2. The lowest BCUT2D eigenvalue weighted by Crippen LogP contribution is -2.42. The third-order valence-corrected chi connectivity index (χ3v) is 5.43. The van der Waals surface area contributed by atoms with Gasteiger partial charge in [-0.1, -0.05) is 28.1 Å². The van der Waals surface area contributed by atoms with Gasteiger partial charge >= 0.3 is 0 Å². The van der Waals surface area contributed by atoms with E-state index in [1.54, 1.807) is 0 Å². The van der Waals surface area contributed by atoms with Crippen molar-refractivity contribution in [3.8, 4) is 0 Å². The first-order valence-electron chi connectivity index (χ1n) is 5.77. The van der Waals surface area contributed by atoms with Gasteiger partial charge in [0.1, 0.15) is 0 Å². The summed E-state index contributed by atoms with van der Waals surface area (Å²) < 4.78 is 1.23. The van der Waals surface area contributed by atoms with Crippen LogP contribution in [0.1, 0.15) is 18.1 Å². The lowest BCUT2D eigenvalue weighted by molar-refractivity contribution is 0.529. The number of hydrogen-bond acceptors (Lipinski definition) is 2. The van der Waals surface area contributed by atoms with E-state index in [0.29, 0.717) is 11.3 Å². The Morgan fingerprint density at radius 3 is 3.00 bits per heavy atom. The van der Waals surface area contributed by atoms with Crippen molar-refractivity contribution in [2.24, 2.45) is 0 Å². The Hall–Kier alpha value is 0.01000. The molecule has 1 aromatic rings. The molecule has 3 heteroatoms. The topological polar surface area (TPSA) is 12.0 Å². The maximum Gasteiger partial charge on any atom is 0.0239 e. The Morgan fingerprint density at radius 2 is 2.31 bits per heavy atom. The molecule has 88 valence electrons. The van der Waals surface area contributed by atoms with Gasteiger partial charge < -0.3 is 5.32 Å². The number of nitrogens with one attached hydrogen (secondary N) is 1. The minimum Gasteiger partial charge on any atom is -0.312 e. The van der Waals surface area contributed by atoms with Crippen molar-refractivity contribution in [1.29, 1.82) is 0 Å². The Kier molecular flexibility index (Phi) is 4.34. The van der Waals surface area contributed by atoms with E-state index in [4.69, 9.17) is 0 Å². The molecule has 0 saturated carbocycles. The molecule has 1 aromatic carbocycles. The molecule has 1 heterocycles. The molecular weight excluding hydrogens is 282 g/mol. The Balaban J connectivity index is 2.05. The highest BCUT2D eigenvalue weighted by atomic mass is 79.9. The van der Waals surface area contributed by atoms with Crippen LogP contribution in [-0.2, 0) is 6.42 Å². The number of halogens is 1. The van der Waals surface area contributed by atoms with Crippen molar-refractivity contribution in [2.45, 2.75) is 31.6 Å². The minimum absolute atomic E-state index is 0.624. The fraction of sp³-hybridized carbons (Fsp3) is 0.538. The van der Waals surface area contributed by atoms with Crippen molar-refractivity contribution in [1.82, 2.24) is 5.32 Å². The zero-order valence-electron chi connectivity index (χ0n) is 9.79. The predicted molar refractivity (Wildman–Crippen MR) is 76.3 cm³/mol. The predicted octanol–water partition coefficient (Wildman–Crippen LogP) is 3.39. The largest absolute Gasteiger partial charge is 0.312 e. The second kappa shape index (κ2) is 5.56. The third kappa shape index (κ3) is 3.02. The van der Waals surface area contributed by atoms with Crippen LogP contribution in [0.15, 0.2) is 22.7 Å². The first-order chi connectivity index (χ1) is 7.66. The molecule has 0 aliphatic carbocycles. The molecule has 0 bridgehead atoms. The smallest absolute Gasteiger partial charge is 0.0239 e. The van der Waals surface area contributed by atoms with Crippen molar-refractivity contribution in [3.05, 3.63) is 33.8 Å². The van der Waals surface area contributed by atoms with Crippen LogP contribution < -0.4 is 5.32 Å². The van der Waals surface area contributed by atoms with E-state index in [1.807, 2.05) is 0 Å². The van der Waals surface area contributed by atoms with Crippen molar-refractivity contribution in [3.63, 3.8) is 0 Å². The van der Waals surface area contributed by atoms with E-state index >= 15 is 0 Å². The molecule has 1 nitrogen and oxygen atoms in total. The summed E-state index contributed by atoms with van der Waals surface area (Å²) in [5.74, 6) is 1.24. The van der Waals surface area contributed by atoms with Gasteiger partial charge in [0.25, 0.3) is 0 Å². The van der Waals surface area contributed by atoms with Gasteiger partial charge in [-0.15, -0.1) is 0 Å². The second-order valence-electron chi connectivity index (χ2n) is 4.44. The summed E-state index contributed by atoms with van der Waals surface area (Å²) in [5.41, 5.74) is 2.75. The molecule has 2 rings (SSSR count). The molecule has 0 spiro atoms. The Bertz CT molecular complexity index is 367. The first kappa shape index (κ1) is 12.5. The summed E-state index contributed by atoms with van der Waals surface area (Å²) in [6.07, 6.45) is 1.16. The molecule has 1 N–H and O–H groups in total. The number of benzene rings is 1. The van der Waals surface area contributed by atoms with Crippen molar-refractivity contribution in [2.75, 3.05) is 12.3 Å². The van der Waals surface area contributed by atoms with Gasteiger partial charge in [0.2, 0.25) is 0 Å². The van der Waals surface area contributed by atoms with Gasteiger partial charge in [-0.05, 0) is 37.5 Å². The fourth-order valence-electron chi connectivity index (χ4n) is 2.00. The summed E-state index contributed by atoms with van der Waals surface area (Å²) in [5, 5.41) is 4.26. The quantitative estimate of drug-likeness (QED) is 0.898. The maximum atomic E-state index is 3.60. The summed E-state index contributed by atoms with van der Waals surface area (Å²) in [4.78, 5) is 0.